The van der Waals surface area contributed by atoms with Crippen LogP contribution in [0, 0.1) is 0 Å². The van der Waals surface area contributed by atoms with E-state index in [2.05, 4.69) is 15.9 Å². The van der Waals surface area contributed by atoms with Gasteiger partial charge in [-0.1, -0.05) is 15.9 Å². The highest BCUT2D eigenvalue weighted by Crippen LogP contribution is 2.28. The van der Waals surface area contributed by atoms with Crippen LogP contribution in [-0.4, -0.2) is 40.4 Å². The van der Waals surface area contributed by atoms with Gasteiger partial charge in [0.25, 0.3) is 0 Å². The molecule has 15 heavy (non-hydrogen) atoms. The third kappa shape index (κ3) is 3.76. The number of ether oxygens (including phenoxy) is 1. The summed E-state index contributed by atoms with van der Waals surface area (Å²) in [5, 5.41) is 0.726. The van der Waals surface area contributed by atoms with Crippen molar-refractivity contribution < 1.29 is 9.53 Å². The maximum absolute atomic E-state index is 11.8. The van der Waals surface area contributed by atoms with Crippen molar-refractivity contribution in [2.75, 3.05) is 18.4 Å². The predicted octanol–water partition coefficient (Wildman–Crippen LogP) is 2.19. The molecule has 0 spiro atoms. The third-order valence-corrected chi connectivity index (χ3v) is 2.75. The Balaban J connectivity index is 2.71. The molecule has 4 heteroatoms. The lowest BCUT2D eigenvalue weighted by molar-refractivity contribution is -0.187. The van der Waals surface area contributed by atoms with E-state index in [1.54, 1.807) is 0 Å². The van der Waals surface area contributed by atoms with Crippen LogP contribution >= 0.6 is 15.9 Å². The molecule has 1 saturated heterocycles. The molecule has 0 aromatic carbocycles. The van der Waals surface area contributed by atoms with Crippen molar-refractivity contribution in [3.63, 3.8) is 0 Å². The summed E-state index contributed by atoms with van der Waals surface area (Å²) in [5.41, 5.74) is -0.493. The quantitative estimate of drug-likeness (QED) is 0.725. The minimum Gasteiger partial charge on any atom is -0.366 e. The van der Waals surface area contributed by atoms with Crippen LogP contribution in [0.3, 0.4) is 0 Å². The highest BCUT2D eigenvalue weighted by molar-refractivity contribution is 9.09. The molecule has 0 N–H and O–H groups in total. The lowest BCUT2D eigenvalue weighted by atomic mass is 9.99. The van der Waals surface area contributed by atoms with Crippen molar-refractivity contribution in [3.05, 3.63) is 0 Å². The van der Waals surface area contributed by atoms with E-state index in [0.29, 0.717) is 19.5 Å². The standard InChI is InChI=1S/C11H20BrNO2/c1-10(2)7-13(9(14)5-6-12)8-11(3,4)15-10/h5-8H2,1-4H3. The van der Waals surface area contributed by atoms with Gasteiger partial charge in [-0.25, -0.2) is 0 Å². The Labute approximate surface area is 100 Å². The van der Waals surface area contributed by atoms with Crippen LogP contribution in [0.5, 0.6) is 0 Å². The number of hydrogen-bond donors (Lipinski definition) is 0. The summed E-state index contributed by atoms with van der Waals surface area (Å²) in [6.45, 7) is 9.49. The van der Waals surface area contributed by atoms with Gasteiger partial charge in [-0.15, -0.1) is 0 Å². The van der Waals surface area contributed by atoms with E-state index in [1.807, 2.05) is 32.6 Å². The number of hydrogen-bond acceptors (Lipinski definition) is 2. The molecule has 0 saturated carbocycles. The van der Waals surface area contributed by atoms with E-state index in [9.17, 15) is 4.79 Å². The Bertz CT molecular complexity index is 235. The van der Waals surface area contributed by atoms with Gasteiger partial charge in [0.2, 0.25) is 5.91 Å². The molecule has 1 aliphatic rings. The van der Waals surface area contributed by atoms with Crippen LogP contribution in [0.4, 0.5) is 0 Å². The van der Waals surface area contributed by atoms with Crippen LogP contribution in [0.25, 0.3) is 0 Å². The highest BCUT2D eigenvalue weighted by atomic mass is 79.9. The first-order valence-electron chi connectivity index (χ1n) is 5.30. The number of amides is 1. The average molecular weight is 278 g/mol. The summed E-state index contributed by atoms with van der Waals surface area (Å²) in [4.78, 5) is 13.7. The fraction of sp³-hybridized carbons (Fsp3) is 0.909. The first-order chi connectivity index (χ1) is 6.76. The molecular formula is C11H20BrNO2. The van der Waals surface area contributed by atoms with Gasteiger partial charge in [0, 0.05) is 24.8 Å². The second-order valence-corrected chi connectivity index (χ2v) is 6.10. The van der Waals surface area contributed by atoms with Gasteiger partial charge >= 0.3 is 0 Å². The molecule has 0 atom stereocenters. The Hall–Kier alpha value is -0.0900. The van der Waals surface area contributed by atoms with Crippen molar-refractivity contribution in [2.45, 2.75) is 45.3 Å². The zero-order chi connectivity index (χ0) is 11.7. The molecule has 1 fully saturated rings. The van der Waals surface area contributed by atoms with Crippen LogP contribution in [0.1, 0.15) is 34.1 Å². The van der Waals surface area contributed by atoms with Gasteiger partial charge in [0.05, 0.1) is 11.2 Å². The van der Waals surface area contributed by atoms with Gasteiger partial charge < -0.3 is 9.64 Å². The van der Waals surface area contributed by atoms with Crippen molar-refractivity contribution in [2.24, 2.45) is 0 Å². The van der Waals surface area contributed by atoms with E-state index in [-0.39, 0.29) is 17.1 Å². The molecule has 0 radical (unpaired) electrons. The normalized spacial score (nSPS) is 23.9. The van der Waals surface area contributed by atoms with Crippen LogP contribution < -0.4 is 0 Å². The SMILES string of the molecule is CC1(C)CN(C(=O)CCBr)CC(C)(C)O1. The second-order valence-electron chi connectivity index (χ2n) is 5.31. The zero-order valence-corrected chi connectivity index (χ0v) is 11.6. The van der Waals surface area contributed by atoms with Gasteiger partial charge in [-0.3, -0.25) is 4.79 Å². The largest absolute Gasteiger partial charge is 0.366 e. The van der Waals surface area contributed by atoms with Crippen LogP contribution in [0.2, 0.25) is 0 Å². The van der Waals surface area contributed by atoms with Crippen molar-refractivity contribution in [1.82, 2.24) is 4.90 Å². The molecule has 0 unspecified atom stereocenters. The predicted molar refractivity (Wildman–Crippen MR) is 64.2 cm³/mol. The zero-order valence-electron chi connectivity index (χ0n) is 9.97. The fourth-order valence-corrected chi connectivity index (χ4v) is 2.54. The first-order valence-corrected chi connectivity index (χ1v) is 6.42. The molecule has 0 bridgehead atoms. The Morgan fingerprint density at radius 2 is 1.73 bits per heavy atom. The lowest BCUT2D eigenvalue weighted by Crippen LogP contribution is -2.58. The average Bonchev–Trinajstić information content (AvgIpc) is 1.98. The summed E-state index contributed by atoms with van der Waals surface area (Å²) in [7, 11) is 0. The van der Waals surface area contributed by atoms with Crippen molar-refractivity contribution in [3.8, 4) is 0 Å². The van der Waals surface area contributed by atoms with E-state index in [0.717, 1.165) is 5.33 Å². The number of halogens is 1. The summed E-state index contributed by atoms with van der Waals surface area (Å²) >= 11 is 3.29. The Kier molecular flexibility index (Phi) is 3.82. The summed E-state index contributed by atoms with van der Waals surface area (Å²) in [6.07, 6.45) is 0.562. The third-order valence-electron chi connectivity index (χ3n) is 2.36. The summed E-state index contributed by atoms with van der Waals surface area (Å²) < 4.78 is 5.91. The Morgan fingerprint density at radius 3 is 2.13 bits per heavy atom. The van der Waals surface area contributed by atoms with Gasteiger partial charge in [-0.05, 0) is 27.7 Å². The molecule has 0 aromatic heterocycles. The monoisotopic (exact) mass is 277 g/mol. The number of carbonyl (C=O) groups excluding carboxylic acids is 1. The number of nitrogens with zero attached hydrogens (tertiary/aromatic N) is 1. The minimum absolute atomic E-state index is 0.205. The molecule has 3 nitrogen and oxygen atoms in total. The van der Waals surface area contributed by atoms with Gasteiger partial charge in [0.15, 0.2) is 0 Å². The molecule has 0 aliphatic carbocycles. The van der Waals surface area contributed by atoms with E-state index in [4.69, 9.17) is 4.74 Å². The van der Waals surface area contributed by atoms with Crippen molar-refractivity contribution in [1.29, 1.82) is 0 Å². The molecule has 88 valence electrons. The molecule has 1 rings (SSSR count). The Morgan fingerprint density at radius 1 is 1.27 bits per heavy atom. The molecule has 1 aliphatic heterocycles. The first kappa shape index (κ1) is 13.0. The number of morpholine rings is 1. The molecule has 0 aromatic rings. The maximum atomic E-state index is 11.8. The smallest absolute Gasteiger partial charge is 0.223 e. The van der Waals surface area contributed by atoms with Gasteiger partial charge in [0.1, 0.15) is 0 Å². The molecule has 1 amide bonds. The van der Waals surface area contributed by atoms with E-state index in [1.165, 1.54) is 0 Å². The van der Waals surface area contributed by atoms with Crippen molar-refractivity contribution >= 4 is 21.8 Å². The van der Waals surface area contributed by atoms with E-state index < -0.39 is 0 Å². The summed E-state index contributed by atoms with van der Waals surface area (Å²) in [5.74, 6) is 0.205. The topological polar surface area (TPSA) is 29.5 Å². The van der Waals surface area contributed by atoms with Gasteiger partial charge in [-0.2, -0.15) is 0 Å². The van der Waals surface area contributed by atoms with E-state index >= 15 is 0 Å². The molecule has 1 heterocycles. The lowest BCUT2D eigenvalue weighted by Gasteiger charge is -2.47. The number of carbonyl (C=O) groups is 1. The highest BCUT2D eigenvalue weighted by Gasteiger charge is 2.39. The molecular weight excluding hydrogens is 258 g/mol. The maximum Gasteiger partial charge on any atom is 0.223 e. The number of rotatable bonds is 2. The summed E-state index contributed by atoms with van der Waals surface area (Å²) in [6, 6.07) is 0. The van der Waals surface area contributed by atoms with Crippen LogP contribution in [0.15, 0.2) is 0 Å². The second kappa shape index (κ2) is 4.42. The minimum atomic E-state index is -0.246. The van der Waals surface area contributed by atoms with Crippen LogP contribution in [-0.2, 0) is 9.53 Å². The number of alkyl halides is 1. The fourth-order valence-electron chi connectivity index (χ4n) is 2.20.